The lowest BCUT2D eigenvalue weighted by Gasteiger charge is -2.48. The number of amides is 2. The molecule has 5 nitrogen and oxygen atoms in total. The number of nitrogens with zero attached hydrogens (tertiary/aromatic N) is 2. The van der Waals surface area contributed by atoms with Gasteiger partial charge in [-0.25, -0.2) is 0 Å². The molecule has 0 unspecified atom stereocenters. The molecule has 2 amide bonds. The molecule has 0 bridgehead atoms. The Morgan fingerprint density at radius 3 is 2.91 bits per heavy atom. The van der Waals surface area contributed by atoms with Crippen molar-refractivity contribution >= 4 is 23.6 Å². The zero-order valence-electron chi connectivity index (χ0n) is 14.5. The molecule has 0 saturated carbocycles. The third-order valence-corrected chi connectivity index (χ3v) is 5.89. The van der Waals surface area contributed by atoms with Crippen molar-refractivity contribution in [2.75, 3.05) is 51.4 Å². The molecular formula is C17H30N2O3S. The summed E-state index contributed by atoms with van der Waals surface area (Å²) in [5.41, 5.74) is 0.105. The zero-order valence-corrected chi connectivity index (χ0v) is 15.3. The lowest BCUT2D eigenvalue weighted by molar-refractivity contribution is -0.143. The minimum absolute atomic E-state index is 0.105. The van der Waals surface area contributed by atoms with Gasteiger partial charge in [0.15, 0.2) is 0 Å². The molecule has 1 atom stereocenters. The maximum Gasteiger partial charge on any atom is 0.223 e. The standard InChI is InChI=1S/C17H30N2O3S/c1-3-23-12-6-16(21)18-9-4-7-17(13-18)8-5-15(20)19(14-17)10-11-22-2/h3-14H2,1-2H3/t17-/m0/s1. The van der Waals surface area contributed by atoms with Crippen molar-refractivity contribution in [3.63, 3.8) is 0 Å². The first-order chi connectivity index (χ1) is 11.1. The molecule has 2 heterocycles. The summed E-state index contributed by atoms with van der Waals surface area (Å²) in [5.74, 6) is 2.49. The molecule has 0 N–H and O–H groups in total. The predicted octanol–water partition coefficient (Wildman–Crippen LogP) is 2.01. The van der Waals surface area contributed by atoms with Gasteiger partial charge in [-0.3, -0.25) is 9.59 Å². The zero-order chi connectivity index (χ0) is 16.7. The number of ether oxygens (including phenoxy) is 1. The largest absolute Gasteiger partial charge is 0.383 e. The molecule has 0 aromatic heterocycles. The molecule has 132 valence electrons. The van der Waals surface area contributed by atoms with Gasteiger partial charge in [0.05, 0.1) is 6.61 Å². The highest BCUT2D eigenvalue weighted by molar-refractivity contribution is 7.99. The molecule has 1 spiro atoms. The third-order valence-electron chi connectivity index (χ3n) is 4.99. The van der Waals surface area contributed by atoms with Crippen molar-refractivity contribution in [1.29, 1.82) is 0 Å². The monoisotopic (exact) mass is 342 g/mol. The Morgan fingerprint density at radius 1 is 1.35 bits per heavy atom. The van der Waals surface area contributed by atoms with E-state index in [1.807, 2.05) is 21.6 Å². The number of methoxy groups -OCH3 is 1. The van der Waals surface area contributed by atoms with Crippen molar-refractivity contribution in [2.24, 2.45) is 5.41 Å². The maximum absolute atomic E-state index is 12.4. The van der Waals surface area contributed by atoms with Crippen molar-refractivity contribution < 1.29 is 14.3 Å². The molecule has 2 saturated heterocycles. The molecule has 0 aromatic carbocycles. The van der Waals surface area contributed by atoms with E-state index < -0.39 is 0 Å². The van der Waals surface area contributed by atoms with Crippen molar-refractivity contribution in [3.05, 3.63) is 0 Å². The number of carbonyl (C=O) groups excluding carboxylic acids is 2. The van der Waals surface area contributed by atoms with Gasteiger partial charge in [-0.1, -0.05) is 6.92 Å². The maximum atomic E-state index is 12.4. The number of hydrogen-bond acceptors (Lipinski definition) is 4. The molecule has 23 heavy (non-hydrogen) atoms. The molecule has 0 aromatic rings. The van der Waals surface area contributed by atoms with Gasteiger partial charge in [0, 0.05) is 57.3 Å². The molecule has 0 aliphatic carbocycles. The Kier molecular flexibility index (Phi) is 7.21. The van der Waals surface area contributed by atoms with Crippen LogP contribution >= 0.6 is 11.8 Å². The minimum Gasteiger partial charge on any atom is -0.383 e. The second-order valence-electron chi connectivity index (χ2n) is 6.67. The van der Waals surface area contributed by atoms with Gasteiger partial charge in [-0.2, -0.15) is 11.8 Å². The summed E-state index contributed by atoms with van der Waals surface area (Å²) in [4.78, 5) is 28.5. The van der Waals surface area contributed by atoms with Crippen LogP contribution in [0.5, 0.6) is 0 Å². The Hall–Kier alpha value is -0.750. The van der Waals surface area contributed by atoms with E-state index in [-0.39, 0.29) is 17.2 Å². The van der Waals surface area contributed by atoms with Gasteiger partial charge in [0.1, 0.15) is 0 Å². The average Bonchev–Trinajstić information content (AvgIpc) is 2.56. The summed E-state index contributed by atoms with van der Waals surface area (Å²) in [7, 11) is 1.67. The van der Waals surface area contributed by atoms with E-state index in [0.29, 0.717) is 26.0 Å². The van der Waals surface area contributed by atoms with E-state index in [9.17, 15) is 9.59 Å². The number of piperidine rings is 2. The van der Waals surface area contributed by atoms with E-state index in [1.54, 1.807) is 7.11 Å². The topological polar surface area (TPSA) is 49.9 Å². The van der Waals surface area contributed by atoms with Gasteiger partial charge in [0.25, 0.3) is 0 Å². The van der Waals surface area contributed by atoms with E-state index in [1.165, 1.54) is 0 Å². The molecule has 2 fully saturated rings. The fourth-order valence-electron chi connectivity index (χ4n) is 3.72. The van der Waals surface area contributed by atoms with Crippen LogP contribution in [0.2, 0.25) is 0 Å². The van der Waals surface area contributed by atoms with Crippen LogP contribution in [0.4, 0.5) is 0 Å². The first-order valence-corrected chi connectivity index (χ1v) is 9.88. The van der Waals surface area contributed by atoms with Gasteiger partial charge in [-0.05, 0) is 25.0 Å². The van der Waals surface area contributed by atoms with Crippen LogP contribution in [0, 0.1) is 5.41 Å². The minimum atomic E-state index is 0.105. The lowest BCUT2D eigenvalue weighted by atomic mass is 9.73. The number of rotatable bonds is 7. The van der Waals surface area contributed by atoms with Crippen LogP contribution in [0.1, 0.15) is 39.0 Å². The van der Waals surface area contributed by atoms with E-state index in [0.717, 1.165) is 50.4 Å². The second-order valence-corrected chi connectivity index (χ2v) is 8.07. The first kappa shape index (κ1) is 18.6. The highest BCUT2D eigenvalue weighted by Gasteiger charge is 2.42. The van der Waals surface area contributed by atoms with Crippen LogP contribution in [-0.2, 0) is 14.3 Å². The van der Waals surface area contributed by atoms with Crippen molar-refractivity contribution in [3.8, 4) is 0 Å². The van der Waals surface area contributed by atoms with Crippen molar-refractivity contribution in [2.45, 2.75) is 39.0 Å². The Bertz CT molecular complexity index is 419. The van der Waals surface area contributed by atoms with Gasteiger partial charge in [0.2, 0.25) is 11.8 Å². The number of hydrogen-bond donors (Lipinski definition) is 0. The van der Waals surface area contributed by atoms with Crippen molar-refractivity contribution in [1.82, 2.24) is 9.80 Å². The SMILES string of the molecule is CCSCCC(=O)N1CCC[C@]2(CCC(=O)N(CCOC)C2)C1. The summed E-state index contributed by atoms with van der Waals surface area (Å²) in [6, 6.07) is 0. The van der Waals surface area contributed by atoms with E-state index >= 15 is 0 Å². The summed E-state index contributed by atoms with van der Waals surface area (Å²) in [5, 5.41) is 0. The number of likely N-dealkylation sites (tertiary alicyclic amines) is 2. The first-order valence-electron chi connectivity index (χ1n) is 8.72. The molecule has 2 aliphatic heterocycles. The van der Waals surface area contributed by atoms with Gasteiger partial charge >= 0.3 is 0 Å². The quantitative estimate of drug-likeness (QED) is 0.664. The molecule has 2 aliphatic rings. The normalized spacial score (nSPS) is 25.2. The van der Waals surface area contributed by atoms with Gasteiger partial charge < -0.3 is 14.5 Å². The smallest absolute Gasteiger partial charge is 0.223 e. The van der Waals surface area contributed by atoms with E-state index in [2.05, 4.69) is 6.92 Å². The van der Waals surface area contributed by atoms with Crippen LogP contribution in [-0.4, -0.2) is 73.0 Å². The average molecular weight is 343 g/mol. The Morgan fingerprint density at radius 2 is 2.17 bits per heavy atom. The Labute approximate surface area is 144 Å². The Balaban J connectivity index is 1.92. The molecule has 2 rings (SSSR count). The fourth-order valence-corrected chi connectivity index (χ4v) is 4.33. The summed E-state index contributed by atoms with van der Waals surface area (Å²) in [6.45, 7) is 5.85. The molecule has 0 radical (unpaired) electrons. The van der Waals surface area contributed by atoms with E-state index in [4.69, 9.17) is 4.74 Å². The predicted molar refractivity (Wildman–Crippen MR) is 93.6 cm³/mol. The summed E-state index contributed by atoms with van der Waals surface area (Å²) < 4.78 is 5.12. The second kappa shape index (κ2) is 8.92. The van der Waals surface area contributed by atoms with Gasteiger partial charge in [-0.15, -0.1) is 0 Å². The van der Waals surface area contributed by atoms with Crippen LogP contribution in [0.3, 0.4) is 0 Å². The molecular weight excluding hydrogens is 312 g/mol. The van der Waals surface area contributed by atoms with Crippen LogP contribution in [0.25, 0.3) is 0 Å². The highest BCUT2D eigenvalue weighted by Crippen LogP contribution is 2.39. The highest BCUT2D eigenvalue weighted by atomic mass is 32.2. The number of carbonyl (C=O) groups is 2. The van der Waals surface area contributed by atoms with Crippen LogP contribution in [0.15, 0.2) is 0 Å². The molecule has 6 heteroatoms. The lowest BCUT2D eigenvalue weighted by Crippen LogP contribution is -2.55. The number of thioether (sulfide) groups is 1. The fraction of sp³-hybridized carbons (Fsp3) is 0.882. The summed E-state index contributed by atoms with van der Waals surface area (Å²) >= 11 is 1.82. The third kappa shape index (κ3) is 5.11. The van der Waals surface area contributed by atoms with Crippen LogP contribution < -0.4 is 0 Å². The summed E-state index contributed by atoms with van der Waals surface area (Å²) in [6.07, 6.45) is 4.34.